The number of halogens is 3. The summed E-state index contributed by atoms with van der Waals surface area (Å²) in [4.78, 5) is 16.6. The zero-order chi connectivity index (χ0) is 15.7. The third-order valence-corrected chi connectivity index (χ3v) is 5.83. The smallest absolute Gasteiger partial charge is 0.302 e. The van der Waals surface area contributed by atoms with Gasteiger partial charge in [0.25, 0.3) is 0 Å². The van der Waals surface area contributed by atoms with Crippen LogP contribution >= 0.6 is 11.3 Å². The number of carbonyl (C=O) groups is 1. The SMILES string of the molecule is O=C(Nc1ncc([C@H]2CCCC[C@H]2C(F)(F)F)s1)C1CCC1. The van der Waals surface area contributed by atoms with E-state index in [1.165, 1.54) is 17.5 Å². The molecule has 0 bridgehead atoms. The van der Waals surface area contributed by atoms with Gasteiger partial charge in [-0.15, -0.1) is 11.3 Å². The number of thiazole rings is 1. The van der Waals surface area contributed by atoms with Gasteiger partial charge in [-0.05, 0) is 25.7 Å². The zero-order valence-corrected chi connectivity index (χ0v) is 13.0. The second-order valence-corrected chi connectivity index (χ2v) is 7.29. The van der Waals surface area contributed by atoms with Crippen LogP contribution in [0.3, 0.4) is 0 Å². The Morgan fingerprint density at radius 2 is 1.91 bits per heavy atom. The summed E-state index contributed by atoms with van der Waals surface area (Å²) in [5.41, 5.74) is 0. The molecule has 0 saturated heterocycles. The van der Waals surface area contributed by atoms with Gasteiger partial charge in [-0.2, -0.15) is 13.2 Å². The number of carbonyl (C=O) groups excluding carboxylic acids is 1. The molecule has 3 rings (SSSR count). The first-order chi connectivity index (χ1) is 10.4. The van der Waals surface area contributed by atoms with Crippen molar-refractivity contribution in [2.75, 3.05) is 5.32 Å². The molecule has 122 valence electrons. The van der Waals surface area contributed by atoms with Crippen LogP contribution in [0.25, 0.3) is 0 Å². The summed E-state index contributed by atoms with van der Waals surface area (Å²) in [5, 5.41) is 3.17. The van der Waals surface area contributed by atoms with E-state index in [9.17, 15) is 18.0 Å². The van der Waals surface area contributed by atoms with Crippen LogP contribution in [0, 0.1) is 11.8 Å². The molecule has 22 heavy (non-hydrogen) atoms. The lowest BCUT2D eigenvalue weighted by Gasteiger charge is -2.32. The Balaban J connectivity index is 1.70. The number of rotatable bonds is 3. The lowest BCUT2D eigenvalue weighted by molar-refractivity contribution is -0.187. The fourth-order valence-electron chi connectivity index (χ4n) is 3.26. The summed E-state index contributed by atoms with van der Waals surface area (Å²) < 4.78 is 39.5. The summed E-state index contributed by atoms with van der Waals surface area (Å²) in [6.45, 7) is 0. The first kappa shape index (κ1) is 15.8. The molecule has 1 N–H and O–H groups in total. The number of aromatic nitrogens is 1. The number of alkyl halides is 3. The highest BCUT2D eigenvalue weighted by molar-refractivity contribution is 7.15. The first-order valence-electron chi connectivity index (χ1n) is 7.78. The molecule has 1 aromatic heterocycles. The fraction of sp³-hybridized carbons (Fsp3) is 0.733. The first-order valence-corrected chi connectivity index (χ1v) is 8.60. The fourth-order valence-corrected chi connectivity index (χ4v) is 4.28. The molecule has 1 amide bonds. The highest BCUT2D eigenvalue weighted by Crippen LogP contribution is 2.48. The highest BCUT2D eigenvalue weighted by atomic mass is 32.1. The van der Waals surface area contributed by atoms with E-state index in [-0.39, 0.29) is 18.2 Å². The van der Waals surface area contributed by atoms with Crippen molar-refractivity contribution in [3.8, 4) is 0 Å². The zero-order valence-electron chi connectivity index (χ0n) is 12.2. The number of nitrogens with zero attached hydrogens (tertiary/aromatic N) is 1. The predicted molar refractivity (Wildman–Crippen MR) is 78.8 cm³/mol. The van der Waals surface area contributed by atoms with E-state index in [2.05, 4.69) is 10.3 Å². The lowest BCUT2D eigenvalue weighted by Crippen LogP contribution is -2.31. The quantitative estimate of drug-likeness (QED) is 0.870. The summed E-state index contributed by atoms with van der Waals surface area (Å²) >= 11 is 1.20. The average molecular weight is 332 g/mol. The predicted octanol–water partition coefficient (Wildman–Crippen LogP) is 4.72. The van der Waals surface area contributed by atoms with Crippen LogP contribution in [0.2, 0.25) is 0 Å². The summed E-state index contributed by atoms with van der Waals surface area (Å²) in [6, 6.07) is 0. The van der Waals surface area contributed by atoms with Crippen molar-refractivity contribution in [1.29, 1.82) is 0 Å². The monoisotopic (exact) mass is 332 g/mol. The molecule has 0 unspecified atom stereocenters. The molecule has 2 atom stereocenters. The van der Waals surface area contributed by atoms with Gasteiger partial charge in [0.15, 0.2) is 5.13 Å². The van der Waals surface area contributed by atoms with Crippen LogP contribution < -0.4 is 5.32 Å². The number of nitrogens with one attached hydrogen (secondary N) is 1. The molecule has 2 fully saturated rings. The van der Waals surface area contributed by atoms with Gasteiger partial charge in [-0.3, -0.25) is 4.79 Å². The van der Waals surface area contributed by atoms with Gasteiger partial charge in [0.2, 0.25) is 5.91 Å². The summed E-state index contributed by atoms with van der Waals surface area (Å²) in [5.74, 6) is -1.80. The molecule has 0 aliphatic heterocycles. The van der Waals surface area contributed by atoms with E-state index in [4.69, 9.17) is 0 Å². The number of hydrogen-bond acceptors (Lipinski definition) is 3. The Labute approximate surface area is 131 Å². The molecule has 2 saturated carbocycles. The topological polar surface area (TPSA) is 42.0 Å². The van der Waals surface area contributed by atoms with Crippen LogP contribution in [-0.4, -0.2) is 17.1 Å². The Morgan fingerprint density at radius 3 is 2.55 bits per heavy atom. The maximum Gasteiger partial charge on any atom is 0.392 e. The van der Waals surface area contributed by atoms with Crippen LogP contribution in [0.4, 0.5) is 18.3 Å². The number of hydrogen-bond donors (Lipinski definition) is 1. The molecule has 1 heterocycles. The van der Waals surface area contributed by atoms with E-state index in [1.807, 2.05) is 0 Å². The third kappa shape index (κ3) is 3.29. The summed E-state index contributed by atoms with van der Waals surface area (Å²) in [7, 11) is 0. The minimum atomic E-state index is -4.16. The van der Waals surface area contributed by atoms with Gasteiger partial charge in [-0.1, -0.05) is 19.3 Å². The molecule has 2 aliphatic carbocycles. The van der Waals surface area contributed by atoms with Crippen molar-refractivity contribution >= 4 is 22.4 Å². The van der Waals surface area contributed by atoms with Crippen molar-refractivity contribution in [1.82, 2.24) is 4.98 Å². The number of anilines is 1. The standard InChI is InChI=1S/C15H19F3N2OS/c16-15(17,18)11-7-2-1-6-10(11)12-8-19-14(22-12)20-13(21)9-4-3-5-9/h8-11H,1-7H2,(H,19,20,21)/t10-,11+/m0/s1. The van der Waals surface area contributed by atoms with Crippen LogP contribution in [0.1, 0.15) is 55.7 Å². The third-order valence-electron chi connectivity index (χ3n) is 4.78. The van der Waals surface area contributed by atoms with Crippen molar-refractivity contribution in [2.45, 2.75) is 57.0 Å². The summed E-state index contributed by atoms with van der Waals surface area (Å²) in [6.07, 6.45) is 2.38. The molecular formula is C15H19F3N2OS. The van der Waals surface area contributed by atoms with Crippen LogP contribution in [-0.2, 0) is 4.79 Å². The molecule has 0 aromatic carbocycles. The second-order valence-electron chi connectivity index (χ2n) is 6.22. The Hall–Kier alpha value is -1.11. The largest absolute Gasteiger partial charge is 0.392 e. The Bertz CT molecular complexity index is 539. The van der Waals surface area contributed by atoms with E-state index in [0.29, 0.717) is 22.9 Å². The van der Waals surface area contributed by atoms with Gasteiger partial charge < -0.3 is 5.32 Å². The maximum atomic E-state index is 13.2. The van der Waals surface area contributed by atoms with Gasteiger partial charge >= 0.3 is 6.18 Å². The Morgan fingerprint density at radius 1 is 1.18 bits per heavy atom. The van der Waals surface area contributed by atoms with Gasteiger partial charge in [0.05, 0.1) is 5.92 Å². The second kappa shape index (κ2) is 6.18. The van der Waals surface area contributed by atoms with Crippen LogP contribution in [0.5, 0.6) is 0 Å². The van der Waals surface area contributed by atoms with Gasteiger partial charge in [0.1, 0.15) is 0 Å². The molecule has 7 heteroatoms. The van der Waals surface area contributed by atoms with Crippen molar-refractivity contribution in [2.24, 2.45) is 11.8 Å². The van der Waals surface area contributed by atoms with Crippen LogP contribution in [0.15, 0.2) is 6.20 Å². The van der Waals surface area contributed by atoms with E-state index in [0.717, 1.165) is 25.7 Å². The van der Waals surface area contributed by atoms with Crippen molar-refractivity contribution in [3.05, 3.63) is 11.1 Å². The minimum absolute atomic E-state index is 0.0463. The number of amides is 1. The minimum Gasteiger partial charge on any atom is -0.302 e. The maximum absolute atomic E-state index is 13.2. The van der Waals surface area contributed by atoms with Crippen molar-refractivity contribution in [3.63, 3.8) is 0 Å². The molecule has 3 nitrogen and oxygen atoms in total. The molecule has 0 radical (unpaired) electrons. The average Bonchev–Trinajstić information content (AvgIpc) is 2.84. The van der Waals surface area contributed by atoms with Gasteiger partial charge in [0, 0.05) is 22.9 Å². The van der Waals surface area contributed by atoms with Crippen molar-refractivity contribution < 1.29 is 18.0 Å². The molecule has 1 aromatic rings. The van der Waals surface area contributed by atoms with E-state index < -0.39 is 18.0 Å². The molecule has 0 spiro atoms. The molecular weight excluding hydrogens is 313 g/mol. The molecule has 2 aliphatic rings. The van der Waals surface area contributed by atoms with E-state index >= 15 is 0 Å². The van der Waals surface area contributed by atoms with E-state index in [1.54, 1.807) is 0 Å². The normalized spacial score (nSPS) is 26.5. The highest BCUT2D eigenvalue weighted by Gasteiger charge is 2.46. The van der Waals surface area contributed by atoms with Gasteiger partial charge in [-0.25, -0.2) is 4.98 Å². The lowest BCUT2D eigenvalue weighted by atomic mass is 9.78. The Kier molecular flexibility index (Phi) is 4.43.